The highest BCUT2D eigenvalue weighted by Crippen LogP contribution is 2.45. The Kier molecular flexibility index (Phi) is 3.30. The summed E-state index contributed by atoms with van der Waals surface area (Å²) in [4.78, 5) is 11.6. The maximum absolute atomic E-state index is 11.6. The molecule has 4 heteroatoms. The minimum Gasteiger partial charge on any atom is -0.345 e. The van der Waals surface area contributed by atoms with Crippen molar-refractivity contribution in [1.29, 1.82) is 0 Å². The number of nitrogens with one attached hydrogen (secondary N) is 2. The van der Waals surface area contributed by atoms with Crippen LogP contribution in [0.25, 0.3) is 0 Å². The van der Waals surface area contributed by atoms with E-state index in [1.165, 1.54) is 5.56 Å². The number of amides is 1. The van der Waals surface area contributed by atoms with Crippen LogP contribution >= 0.6 is 15.9 Å². The van der Waals surface area contributed by atoms with Gasteiger partial charge in [-0.05, 0) is 37.6 Å². The first-order valence-electron chi connectivity index (χ1n) is 5.38. The Bertz CT molecular complexity index is 402. The Balaban J connectivity index is 2.11. The second-order valence-corrected chi connectivity index (χ2v) is 5.09. The molecule has 16 heavy (non-hydrogen) atoms. The summed E-state index contributed by atoms with van der Waals surface area (Å²) >= 11 is 3.45. The zero-order valence-electron chi connectivity index (χ0n) is 9.22. The Labute approximate surface area is 104 Å². The van der Waals surface area contributed by atoms with Crippen molar-refractivity contribution in [2.24, 2.45) is 0 Å². The molecule has 1 aliphatic rings. The molecule has 0 atom stereocenters. The van der Waals surface area contributed by atoms with Crippen molar-refractivity contribution < 1.29 is 4.79 Å². The third-order valence-corrected chi connectivity index (χ3v) is 3.34. The van der Waals surface area contributed by atoms with E-state index in [1.54, 1.807) is 7.05 Å². The van der Waals surface area contributed by atoms with E-state index in [0.717, 1.165) is 17.3 Å². The molecule has 0 aliphatic heterocycles. The van der Waals surface area contributed by atoms with Crippen molar-refractivity contribution in [3.8, 4) is 0 Å². The molecule has 2 N–H and O–H groups in total. The van der Waals surface area contributed by atoms with Gasteiger partial charge in [0.1, 0.15) is 0 Å². The number of carbonyl (C=O) groups is 1. The first-order valence-corrected chi connectivity index (χ1v) is 6.17. The summed E-state index contributed by atoms with van der Waals surface area (Å²) in [6.45, 7) is 0.371. The second-order valence-electron chi connectivity index (χ2n) is 4.17. The lowest BCUT2D eigenvalue weighted by Crippen LogP contribution is -2.39. The van der Waals surface area contributed by atoms with Gasteiger partial charge in [-0.25, -0.2) is 0 Å². The van der Waals surface area contributed by atoms with E-state index in [9.17, 15) is 4.79 Å². The van der Waals surface area contributed by atoms with E-state index < -0.39 is 0 Å². The van der Waals surface area contributed by atoms with E-state index in [1.807, 2.05) is 12.1 Å². The van der Waals surface area contributed by atoms with Crippen LogP contribution in [0.4, 0.5) is 0 Å². The maximum Gasteiger partial charge on any atom is 0.234 e. The van der Waals surface area contributed by atoms with Crippen LogP contribution < -0.4 is 10.6 Å². The minimum absolute atomic E-state index is 0.0555. The average Bonchev–Trinajstić information content (AvgIpc) is 2.99. The number of hydrogen-bond donors (Lipinski definition) is 2. The second kappa shape index (κ2) is 4.55. The van der Waals surface area contributed by atoms with Crippen molar-refractivity contribution in [1.82, 2.24) is 10.6 Å². The van der Waals surface area contributed by atoms with E-state index in [4.69, 9.17) is 0 Å². The molecule has 1 aromatic carbocycles. The van der Waals surface area contributed by atoms with Crippen LogP contribution in [-0.2, 0) is 10.3 Å². The fraction of sp³-hybridized carbons (Fsp3) is 0.417. The van der Waals surface area contributed by atoms with Crippen LogP contribution in [0.1, 0.15) is 18.4 Å². The summed E-state index contributed by atoms with van der Waals surface area (Å²) in [5, 5.41) is 5.95. The molecule has 0 spiro atoms. The zero-order valence-corrected chi connectivity index (χ0v) is 10.8. The highest BCUT2D eigenvalue weighted by molar-refractivity contribution is 9.10. The quantitative estimate of drug-likeness (QED) is 0.884. The van der Waals surface area contributed by atoms with Gasteiger partial charge in [0.15, 0.2) is 0 Å². The topological polar surface area (TPSA) is 41.1 Å². The predicted octanol–water partition coefficient (Wildman–Crippen LogP) is 1.77. The van der Waals surface area contributed by atoms with E-state index in [-0.39, 0.29) is 11.4 Å². The number of likely N-dealkylation sites (N-methyl/N-ethyl adjacent to an activating group) is 1. The summed E-state index contributed by atoms with van der Waals surface area (Å²) in [7, 11) is 1.78. The number of carbonyl (C=O) groups excluding carboxylic acids is 1. The van der Waals surface area contributed by atoms with Gasteiger partial charge in [0.05, 0.1) is 12.1 Å². The lowest BCUT2D eigenvalue weighted by atomic mass is 10.1. The number of rotatable bonds is 4. The van der Waals surface area contributed by atoms with Gasteiger partial charge in [0.2, 0.25) is 5.91 Å². The third-order valence-electron chi connectivity index (χ3n) is 2.84. The van der Waals surface area contributed by atoms with Crippen molar-refractivity contribution in [3.63, 3.8) is 0 Å². The molecule has 1 saturated carbocycles. The molecule has 0 radical (unpaired) electrons. The molecule has 0 aromatic heterocycles. The lowest BCUT2D eigenvalue weighted by Gasteiger charge is -2.18. The molecule has 1 fully saturated rings. The Morgan fingerprint density at radius 3 is 2.81 bits per heavy atom. The van der Waals surface area contributed by atoms with Gasteiger partial charge in [0.25, 0.3) is 0 Å². The molecule has 3 nitrogen and oxygen atoms in total. The standard InChI is InChI=1S/C12H15BrN2O/c1-14-8-11(16)15-12(5-6-12)9-3-2-4-10(13)7-9/h2-4,7,14H,5-6,8H2,1H3,(H,15,16). The number of benzene rings is 1. The van der Waals surface area contributed by atoms with Crippen LogP contribution in [0.2, 0.25) is 0 Å². The fourth-order valence-corrected chi connectivity index (χ4v) is 2.27. The molecule has 86 valence electrons. The van der Waals surface area contributed by atoms with Crippen LogP contribution in [0.3, 0.4) is 0 Å². The molecule has 0 bridgehead atoms. The number of halogens is 1. The first-order chi connectivity index (χ1) is 7.66. The third kappa shape index (κ3) is 2.44. The van der Waals surface area contributed by atoms with Crippen LogP contribution in [0, 0.1) is 0 Å². The Morgan fingerprint density at radius 1 is 1.50 bits per heavy atom. The molecule has 1 aromatic rings. The minimum atomic E-state index is -0.113. The normalized spacial score (nSPS) is 16.9. The SMILES string of the molecule is CNCC(=O)NC1(c2cccc(Br)c2)CC1. The molecule has 0 heterocycles. The molecular weight excluding hydrogens is 268 g/mol. The van der Waals surface area contributed by atoms with Gasteiger partial charge in [-0.15, -0.1) is 0 Å². The van der Waals surface area contributed by atoms with E-state index in [0.29, 0.717) is 6.54 Å². The average molecular weight is 283 g/mol. The predicted molar refractivity (Wildman–Crippen MR) is 67.1 cm³/mol. The summed E-state index contributed by atoms with van der Waals surface area (Å²) < 4.78 is 1.05. The first kappa shape index (κ1) is 11.6. The summed E-state index contributed by atoms with van der Waals surface area (Å²) in [5.74, 6) is 0.0555. The van der Waals surface area contributed by atoms with Gasteiger partial charge in [-0.1, -0.05) is 28.1 Å². The van der Waals surface area contributed by atoms with Gasteiger partial charge in [-0.2, -0.15) is 0 Å². The highest BCUT2D eigenvalue weighted by atomic mass is 79.9. The summed E-state index contributed by atoms with van der Waals surface area (Å²) in [6, 6.07) is 8.14. The van der Waals surface area contributed by atoms with Crippen molar-refractivity contribution in [3.05, 3.63) is 34.3 Å². The molecule has 2 rings (SSSR count). The molecule has 1 amide bonds. The molecule has 0 saturated heterocycles. The highest BCUT2D eigenvalue weighted by Gasteiger charge is 2.45. The van der Waals surface area contributed by atoms with Crippen molar-refractivity contribution >= 4 is 21.8 Å². The van der Waals surface area contributed by atoms with Gasteiger partial charge in [-0.3, -0.25) is 4.79 Å². The van der Waals surface area contributed by atoms with Crippen LogP contribution in [0.15, 0.2) is 28.7 Å². The molecule has 1 aliphatic carbocycles. The smallest absolute Gasteiger partial charge is 0.234 e. The van der Waals surface area contributed by atoms with Crippen molar-refractivity contribution in [2.75, 3.05) is 13.6 Å². The van der Waals surface area contributed by atoms with Gasteiger partial charge >= 0.3 is 0 Å². The van der Waals surface area contributed by atoms with Crippen LogP contribution in [0.5, 0.6) is 0 Å². The maximum atomic E-state index is 11.6. The van der Waals surface area contributed by atoms with Gasteiger partial charge < -0.3 is 10.6 Å². The van der Waals surface area contributed by atoms with E-state index >= 15 is 0 Å². The largest absolute Gasteiger partial charge is 0.345 e. The molecule has 0 unspecified atom stereocenters. The summed E-state index contributed by atoms with van der Waals surface area (Å²) in [5.41, 5.74) is 1.07. The molecular formula is C12H15BrN2O. The van der Waals surface area contributed by atoms with Crippen molar-refractivity contribution in [2.45, 2.75) is 18.4 Å². The summed E-state index contributed by atoms with van der Waals surface area (Å²) in [6.07, 6.45) is 2.05. The monoisotopic (exact) mass is 282 g/mol. The Hall–Kier alpha value is -0.870. The fourth-order valence-electron chi connectivity index (χ4n) is 1.87. The van der Waals surface area contributed by atoms with E-state index in [2.05, 4.69) is 38.7 Å². The lowest BCUT2D eigenvalue weighted by molar-refractivity contribution is -0.121. The Morgan fingerprint density at radius 2 is 2.25 bits per heavy atom. The number of hydrogen-bond acceptors (Lipinski definition) is 2. The zero-order chi connectivity index (χ0) is 11.6. The van der Waals surface area contributed by atoms with Crippen LogP contribution in [-0.4, -0.2) is 19.5 Å². The van der Waals surface area contributed by atoms with Gasteiger partial charge in [0, 0.05) is 4.47 Å².